The number of hydrogen-bond donors (Lipinski definition) is 0. The van der Waals surface area contributed by atoms with Crippen molar-refractivity contribution in [3.8, 4) is 5.75 Å². The van der Waals surface area contributed by atoms with Gasteiger partial charge in [0.1, 0.15) is 0 Å². The van der Waals surface area contributed by atoms with Gasteiger partial charge in [-0.15, -0.1) is 0 Å². The summed E-state index contributed by atoms with van der Waals surface area (Å²) in [5.41, 5.74) is 0.306. The molecule has 1 saturated heterocycles. The Morgan fingerprint density at radius 2 is 2.00 bits per heavy atom. The van der Waals surface area contributed by atoms with Gasteiger partial charge in [0, 0.05) is 43.9 Å². The summed E-state index contributed by atoms with van der Waals surface area (Å²) in [7, 11) is 2.01. The summed E-state index contributed by atoms with van der Waals surface area (Å²) in [5.74, 6) is 0.0291. The lowest BCUT2D eigenvalue weighted by atomic mass is 10.1. The SMILES string of the molecule is CCOc1cc(C(=O)N2CCN(C)CC2)ccc1[N+](=O)[O-]. The van der Waals surface area contributed by atoms with Gasteiger partial charge in [0.05, 0.1) is 11.5 Å². The van der Waals surface area contributed by atoms with Crippen LogP contribution in [0.4, 0.5) is 5.69 Å². The highest BCUT2D eigenvalue weighted by atomic mass is 16.6. The molecule has 1 amide bonds. The zero-order valence-corrected chi connectivity index (χ0v) is 12.2. The van der Waals surface area contributed by atoms with Crippen LogP contribution in [0.2, 0.25) is 0 Å². The van der Waals surface area contributed by atoms with Gasteiger partial charge in [0.15, 0.2) is 5.75 Å². The Kier molecular flexibility index (Phi) is 4.74. The van der Waals surface area contributed by atoms with E-state index in [1.165, 1.54) is 18.2 Å². The number of nitro benzene ring substituents is 1. The third kappa shape index (κ3) is 3.49. The van der Waals surface area contributed by atoms with Gasteiger partial charge in [-0.1, -0.05) is 0 Å². The number of nitrogens with zero attached hydrogens (tertiary/aromatic N) is 3. The van der Waals surface area contributed by atoms with E-state index in [0.717, 1.165) is 13.1 Å². The van der Waals surface area contributed by atoms with E-state index in [2.05, 4.69) is 4.90 Å². The van der Waals surface area contributed by atoms with Crippen molar-refractivity contribution in [2.24, 2.45) is 0 Å². The third-order valence-electron chi connectivity index (χ3n) is 3.49. The summed E-state index contributed by atoms with van der Waals surface area (Å²) >= 11 is 0. The number of amides is 1. The second kappa shape index (κ2) is 6.53. The highest BCUT2D eigenvalue weighted by molar-refractivity contribution is 5.95. The number of ether oxygens (including phenoxy) is 1. The molecule has 1 aliphatic heterocycles. The molecule has 0 radical (unpaired) electrons. The van der Waals surface area contributed by atoms with E-state index in [-0.39, 0.29) is 17.3 Å². The molecule has 2 rings (SSSR count). The molecular weight excluding hydrogens is 274 g/mol. The highest BCUT2D eigenvalue weighted by Crippen LogP contribution is 2.28. The number of carbonyl (C=O) groups excluding carboxylic acids is 1. The van der Waals surface area contributed by atoms with Crippen LogP contribution in [0.25, 0.3) is 0 Å². The Balaban J connectivity index is 2.21. The molecule has 21 heavy (non-hydrogen) atoms. The van der Waals surface area contributed by atoms with Gasteiger partial charge in [-0.05, 0) is 20.0 Å². The lowest BCUT2D eigenvalue weighted by Crippen LogP contribution is -2.47. The van der Waals surface area contributed by atoms with Crippen molar-refractivity contribution in [3.63, 3.8) is 0 Å². The molecule has 7 nitrogen and oxygen atoms in total. The molecule has 1 aliphatic rings. The van der Waals surface area contributed by atoms with Gasteiger partial charge in [-0.2, -0.15) is 0 Å². The van der Waals surface area contributed by atoms with E-state index in [1.54, 1.807) is 11.8 Å². The molecule has 0 aliphatic carbocycles. The van der Waals surface area contributed by atoms with E-state index in [0.29, 0.717) is 25.3 Å². The van der Waals surface area contributed by atoms with Crippen LogP contribution in [0, 0.1) is 10.1 Å². The number of benzene rings is 1. The van der Waals surface area contributed by atoms with E-state index >= 15 is 0 Å². The lowest BCUT2D eigenvalue weighted by molar-refractivity contribution is -0.385. The van der Waals surface area contributed by atoms with Gasteiger partial charge in [0.2, 0.25) is 0 Å². The van der Waals surface area contributed by atoms with Gasteiger partial charge in [-0.3, -0.25) is 14.9 Å². The van der Waals surface area contributed by atoms with Crippen LogP contribution in [-0.2, 0) is 0 Å². The first kappa shape index (κ1) is 15.2. The van der Waals surface area contributed by atoms with Crippen molar-refractivity contribution < 1.29 is 14.5 Å². The lowest BCUT2D eigenvalue weighted by Gasteiger charge is -2.32. The standard InChI is InChI=1S/C14H19N3O4/c1-3-21-13-10-11(4-5-12(13)17(19)20)14(18)16-8-6-15(2)7-9-16/h4-5,10H,3,6-9H2,1-2H3. The van der Waals surface area contributed by atoms with Gasteiger partial charge in [0.25, 0.3) is 5.91 Å². The van der Waals surface area contributed by atoms with Crippen LogP contribution < -0.4 is 4.74 Å². The second-order valence-corrected chi connectivity index (χ2v) is 4.97. The Bertz CT molecular complexity index is 539. The largest absolute Gasteiger partial charge is 0.487 e. The van der Waals surface area contributed by atoms with E-state index in [1.807, 2.05) is 7.05 Å². The fourth-order valence-corrected chi connectivity index (χ4v) is 2.26. The molecule has 0 aromatic heterocycles. The molecule has 1 aromatic carbocycles. The minimum atomic E-state index is -0.505. The molecule has 1 fully saturated rings. The van der Waals surface area contributed by atoms with Crippen LogP contribution in [0.1, 0.15) is 17.3 Å². The monoisotopic (exact) mass is 293 g/mol. The zero-order chi connectivity index (χ0) is 15.4. The normalized spacial score (nSPS) is 15.8. The molecule has 0 atom stereocenters. The van der Waals surface area contributed by atoms with Crippen LogP contribution in [-0.4, -0.2) is 60.5 Å². The molecule has 7 heteroatoms. The van der Waals surface area contributed by atoms with Crippen LogP contribution in [0.3, 0.4) is 0 Å². The van der Waals surface area contributed by atoms with Gasteiger partial charge in [-0.25, -0.2) is 0 Å². The van der Waals surface area contributed by atoms with Crippen molar-refractivity contribution in [3.05, 3.63) is 33.9 Å². The first-order valence-electron chi connectivity index (χ1n) is 6.92. The van der Waals surface area contributed by atoms with Crippen molar-refractivity contribution in [2.45, 2.75) is 6.92 Å². The summed E-state index contributed by atoms with van der Waals surface area (Å²) < 4.78 is 5.27. The van der Waals surface area contributed by atoms with Gasteiger partial charge < -0.3 is 14.5 Å². The van der Waals surface area contributed by atoms with E-state index in [9.17, 15) is 14.9 Å². The quantitative estimate of drug-likeness (QED) is 0.619. The zero-order valence-electron chi connectivity index (χ0n) is 12.2. The first-order valence-corrected chi connectivity index (χ1v) is 6.92. The Morgan fingerprint density at radius 3 is 2.57 bits per heavy atom. The summed E-state index contributed by atoms with van der Waals surface area (Å²) in [6.45, 7) is 5.05. The molecule has 1 heterocycles. The fraction of sp³-hybridized carbons (Fsp3) is 0.500. The summed E-state index contributed by atoms with van der Waals surface area (Å²) in [5, 5.41) is 10.9. The minimum absolute atomic E-state index is 0.112. The van der Waals surface area contributed by atoms with Crippen molar-refractivity contribution in [1.29, 1.82) is 0 Å². The molecule has 0 unspecified atom stereocenters. The Morgan fingerprint density at radius 1 is 1.33 bits per heavy atom. The van der Waals surface area contributed by atoms with Crippen molar-refractivity contribution in [2.75, 3.05) is 39.8 Å². The third-order valence-corrected chi connectivity index (χ3v) is 3.49. The van der Waals surface area contributed by atoms with Crippen LogP contribution in [0.15, 0.2) is 18.2 Å². The Hall–Kier alpha value is -2.15. The van der Waals surface area contributed by atoms with Crippen molar-refractivity contribution in [1.82, 2.24) is 9.80 Å². The summed E-state index contributed by atoms with van der Waals surface area (Å²) in [6.07, 6.45) is 0. The Labute approximate surface area is 123 Å². The number of rotatable bonds is 4. The van der Waals surface area contributed by atoms with Crippen LogP contribution in [0.5, 0.6) is 5.75 Å². The predicted molar refractivity (Wildman–Crippen MR) is 77.7 cm³/mol. The molecule has 0 bridgehead atoms. The van der Waals surface area contributed by atoms with Gasteiger partial charge >= 0.3 is 5.69 Å². The second-order valence-electron chi connectivity index (χ2n) is 4.97. The maximum Gasteiger partial charge on any atom is 0.310 e. The topological polar surface area (TPSA) is 75.9 Å². The number of likely N-dealkylation sites (N-methyl/N-ethyl adjacent to an activating group) is 1. The molecule has 0 saturated carbocycles. The first-order chi connectivity index (χ1) is 10.0. The van der Waals surface area contributed by atoms with Crippen LogP contribution >= 0.6 is 0 Å². The number of piperazine rings is 1. The molecule has 1 aromatic rings. The predicted octanol–water partition coefficient (Wildman–Crippen LogP) is 1.38. The molecule has 0 spiro atoms. The number of carbonyl (C=O) groups is 1. The highest BCUT2D eigenvalue weighted by Gasteiger charge is 2.23. The summed E-state index contributed by atoms with van der Waals surface area (Å²) in [6, 6.07) is 4.28. The van der Waals surface area contributed by atoms with E-state index < -0.39 is 4.92 Å². The minimum Gasteiger partial charge on any atom is -0.487 e. The summed E-state index contributed by atoms with van der Waals surface area (Å²) in [4.78, 5) is 26.8. The molecule has 114 valence electrons. The fourth-order valence-electron chi connectivity index (χ4n) is 2.26. The number of nitro groups is 1. The van der Waals surface area contributed by atoms with E-state index in [4.69, 9.17) is 4.74 Å². The molecule has 0 N–H and O–H groups in total. The number of hydrogen-bond acceptors (Lipinski definition) is 5. The average molecular weight is 293 g/mol. The smallest absolute Gasteiger partial charge is 0.310 e. The maximum atomic E-state index is 12.4. The molecular formula is C14H19N3O4. The maximum absolute atomic E-state index is 12.4. The van der Waals surface area contributed by atoms with Crippen molar-refractivity contribution >= 4 is 11.6 Å². The average Bonchev–Trinajstić information content (AvgIpc) is 2.47.